The van der Waals surface area contributed by atoms with E-state index in [4.69, 9.17) is 9.47 Å². The number of benzene rings is 2. The van der Waals surface area contributed by atoms with Gasteiger partial charge >= 0.3 is 0 Å². The maximum Gasteiger partial charge on any atom is 0.217 e. The molecule has 0 radical (unpaired) electrons. The SMILES string of the molecule is CC(=O)N[C@@H](C)c1ccc(C2CN(c3ccc4c(c3)OCCO4)C2)cc1. The van der Waals surface area contributed by atoms with E-state index in [-0.39, 0.29) is 11.9 Å². The summed E-state index contributed by atoms with van der Waals surface area (Å²) in [4.78, 5) is 13.5. The van der Waals surface area contributed by atoms with Crippen LogP contribution in [0.2, 0.25) is 0 Å². The lowest BCUT2D eigenvalue weighted by atomic mass is 9.90. The number of hydrogen-bond acceptors (Lipinski definition) is 4. The summed E-state index contributed by atoms with van der Waals surface area (Å²) < 4.78 is 11.3. The third-order valence-electron chi connectivity index (χ3n) is 5.10. The molecule has 0 bridgehead atoms. The van der Waals surface area contributed by atoms with Crippen LogP contribution in [0.25, 0.3) is 0 Å². The first-order chi connectivity index (χ1) is 12.6. The van der Waals surface area contributed by atoms with Gasteiger partial charge in [0.15, 0.2) is 11.5 Å². The lowest BCUT2D eigenvalue weighted by Crippen LogP contribution is -2.45. The van der Waals surface area contributed by atoms with Crippen molar-refractivity contribution in [3.63, 3.8) is 0 Å². The molecule has 4 rings (SSSR count). The third kappa shape index (κ3) is 3.34. The van der Waals surface area contributed by atoms with Gasteiger partial charge in [0.2, 0.25) is 5.91 Å². The van der Waals surface area contributed by atoms with Gasteiger partial charge in [-0.15, -0.1) is 0 Å². The van der Waals surface area contributed by atoms with Crippen molar-refractivity contribution in [1.29, 1.82) is 0 Å². The van der Waals surface area contributed by atoms with Crippen LogP contribution in [0.5, 0.6) is 11.5 Å². The van der Waals surface area contributed by atoms with E-state index in [2.05, 4.69) is 46.6 Å². The molecule has 1 fully saturated rings. The van der Waals surface area contributed by atoms with Crippen LogP contribution in [0.15, 0.2) is 42.5 Å². The van der Waals surface area contributed by atoms with E-state index in [0.29, 0.717) is 19.1 Å². The Hall–Kier alpha value is -2.69. The number of ether oxygens (including phenoxy) is 2. The summed E-state index contributed by atoms with van der Waals surface area (Å²) in [6.07, 6.45) is 0. The highest BCUT2D eigenvalue weighted by Gasteiger charge is 2.29. The molecule has 1 saturated heterocycles. The molecule has 0 unspecified atom stereocenters. The average molecular weight is 352 g/mol. The van der Waals surface area contributed by atoms with E-state index < -0.39 is 0 Å². The van der Waals surface area contributed by atoms with Crippen LogP contribution in [0.4, 0.5) is 5.69 Å². The van der Waals surface area contributed by atoms with Crippen molar-refractivity contribution in [3.8, 4) is 11.5 Å². The second-order valence-corrected chi connectivity index (χ2v) is 7.02. The van der Waals surface area contributed by atoms with Gasteiger partial charge in [0.25, 0.3) is 0 Å². The molecule has 2 aromatic rings. The van der Waals surface area contributed by atoms with Crippen LogP contribution in [0, 0.1) is 0 Å². The quantitative estimate of drug-likeness (QED) is 0.918. The number of carbonyl (C=O) groups excluding carboxylic acids is 1. The van der Waals surface area contributed by atoms with Crippen LogP contribution in [-0.2, 0) is 4.79 Å². The molecule has 1 amide bonds. The van der Waals surface area contributed by atoms with Gasteiger partial charge in [-0.05, 0) is 30.2 Å². The van der Waals surface area contributed by atoms with Crippen LogP contribution in [0.1, 0.15) is 36.9 Å². The zero-order chi connectivity index (χ0) is 18.1. The highest BCUT2D eigenvalue weighted by Crippen LogP contribution is 2.38. The second kappa shape index (κ2) is 6.90. The molecular formula is C21H24N2O3. The van der Waals surface area contributed by atoms with E-state index in [0.717, 1.165) is 30.2 Å². The number of rotatable bonds is 4. The normalized spacial score (nSPS) is 17.4. The van der Waals surface area contributed by atoms with Crippen molar-refractivity contribution < 1.29 is 14.3 Å². The van der Waals surface area contributed by atoms with Crippen molar-refractivity contribution in [3.05, 3.63) is 53.6 Å². The average Bonchev–Trinajstić information content (AvgIpc) is 2.60. The zero-order valence-corrected chi connectivity index (χ0v) is 15.2. The van der Waals surface area contributed by atoms with E-state index in [9.17, 15) is 4.79 Å². The molecule has 2 aromatic carbocycles. The van der Waals surface area contributed by atoms with Crippen molar-refractivity contribution >= 4 is 11.6 Å². The summed E-state index contributed by atoms with van der Waals surface area (Å²) in [6.45, 7) is 6.78. The predicted octanol–water partition coefficient (Wildman–Crippen LogP) is 3.26. The molecule has 5 heteroatoms. The smallest absolute Gasteiger partial charge is 0.217 e. The minimum absolute atomic E-state index is 0.00404. The summed E-state index contributed by atoms with van der Waals surface area (Å²) in [7, 11) is 0. The number of hydrogen-bond donors (Lipinski definition) is 1. The minimum Gasteiger partial charge on any atom is -0.486 e. The van der Waals surface area contributed by atoms with Crippen LogP contribution >= 0.6 is 0 Å². The predicted molar refractivity (Wildman–Crippen MR) is 101 cm³/mol. The summed E-state index contributed by atoms with van der Waals surface area (Å²) in [6, 6.07) is 14.8. The fraction of sp³-hybridized carbons (Fsp3) is 0.381. The molecule has 1 atom stereocenters. The first kappa shape index (κ1) is 16.8. The Morgan fingerprint density at radius 3 is 2.46 bits per heavy atom. The van der Waals surface area contributed by atoms with Gasteiger partial charge in [0, 0.05) is 37.7 Å². The summed E-state index contributed by atoms with van der Waals surface area (Å²) in [5.74, 6) is 2.21. The first-order valence-electron chi connectivity index (χ1n) is 9.12. The van der Waals surface area contributed by atoms with E-state index in [1.807, 2.05) is 13.0 Å². The zero-order valence-electron chi connectivity index (χ0n) is 15.2. The Kier molecular flexibility index (Phi) is 4.45. The fourth-order valence-electron chi connectivity index (χ4n) is 3.57. The lowest BCUT2D eigenvalue weighted by Gasteiger charge is -2.41. The molecule has 2 heterocycles. The van der Waals surface area contributed by atoms with Crippen LogP contribution in [-0.4, -0.2) is 32.2 Å². The van der Waals surface area contributed by atoms with Crippen molar-refractivity contribution in [1.82, 2.24) is 5.32 Å². The molecular weight excluding hydrogens is 328 g/mol. The molecule has 0 spiro atoms. The Labute approximate surface area is 153 Å². The Bertz CT molecular complexity index is 797. The maximum absolute atomic E-state index is 11.2. The van der Waals surface area contributed by atoms with E-state index in [1.165, 1.54) is 11.3 Å². The maximum atomic E-state index is 11.2. The molecule has 136 valence electrons. The van der Waals surface area contributed by atoms with E-state index in [1.54, 1.807) is 6.92 Å². The largest absolute Gasteiger partial charge is 0.486 e. The highest BCUT2D eigenvalue weighted by atomic mass is 16.6. The van der Waals surface area contributed by atoms with Gasteiger partial charge in [-0.1, -0.05) is 24.3 Å². The molecule has 1 N–H and O–H groups in total. The third-order valence-corrected chi connectivity index (χ3v) is 5.10. The van der Waals surface area contributed by atoms with Gasteiger partial charge in [-0.25, -0.2) is 0 Å². The number of amides is 1. The Morgan fingerprint density at radius 1 is 1.08 bits per heavy atom. The highest BCUT2D eigenvalue weighted by molar-refractivity contribution is 5.73. The van der Waals surface area contributed by atoms with Gasteiger partial charge in [-0.2, -0.15) is 0 Å². The van der Waals surface area contributed by atoms with Crippen molar-refractivity contribution in [2.75, 3.05) is 31.2 Å². The summed E-state index contributed by atoms with van der Waals surface area (Å²) >= 11 is 0. The number of fused-ring (bicyclic) bond motifs is 1. The van der Waals surface area contributed by atoms with Crippen molar-refractivity contribution in [2.45, 2.75) is 25.8 Å². The Morgan fingerprint density at radius 2 is 1.77 bits per heavy atom. The standard InChI is InChI=1S/C21H24N2O3/c1-14(22-15(2)24)16-3-5-17(6-4-16)18-12-23(13-18)19-7-8-20-21(11-19)26-10-9-25-20/h3-8,11,14,18H,9-10,12-13H2,1-2H3,(H,22,24)/t14-/m0/s1. The number of nitrogens with one attached hydrogen (secondary N) is 1. The van der Waals surface area contributed by atoms with E-state index >= 15 is 0 Å². The summed E-state index contributed by atoms with van der Waals surface area (Å²) in [5, 5.41) is 2.92. The molecule has 26 heavy (non-hydrogen) atoms. The lowest BCUT2D eigenvalue weighted by molar-refractivity contribution is -0.119. The fourth-order valence-corrected chi connectivity index (χ4v) is 3.57. The number of nitrogens with zero attached hydrogens (tertiary/aromatic N) is 1. The molecule has 0 aliphatic carbocycles. The molecule has 0 aromatic heterocycles. The van der Waals surface area contributed by atoms with Crippen LogP contribution < -0.4 is 19.7 Å². The molecule has 5 nitrogen and oxygen atoms in total. The molecule has 2 aliphatic heterocycles. The topological polar surface area (TPSA) is 50.8 Å². The minimum atomic E-state index is -0.00404. The Balaban J connectivity index is 1.38. The van der Waals surface area contributed by atoms with Crippen molar-refractivity contribution in [2.24, 2.45) is 0 Å². The second-order valence-electron chi connectivity index (χ2n) is 7.02. The van der Waals surface area contributed by atoms with Gasteiger partial charge < -0.3 is 19.7 Å². The summed E-state index contributed by atoms with van der Waals surface area (Å²) in [5.41, 5.74) is 3.66. The van der Waals surface area contributed by atoms with Gasteiger partial charge in [-0.3, -0.25) is 4.79 Å². The first-order valence-corrected chi connectivity index (χ1v) is 9.12. The number of anilines is 1. The monoisotopic (exact) mass is 352 g/mol. The van der Waals surface area contributed by atoms with Crippen LogP contribution in [0.3, 0.4) is 0 Å². The molecule has 2 aliphatic rings. The van der Waals surface area contributed by atoms with Gasteiger partial charge in [0.05, 0.1) is 6.04 Å². The molecule has 0 saturated carbocycles. The van der Waals surface area contributed by atoms with Gasteiger partial charge in [0.1, 0.15) is 13.2 Å². The number of carbonyl (C=O) groups is 1.